The summed E-state index contributed by atoms with van der Waals surface area (Å²) in [4.78, 5) is 36.4. The lowest BCUT2D eigenvalue weighted by Crippen LogP contribution is -2.41. The lowest BCUT2D eigenvalue weighted by atomic mass is 10.0. The molecule has 0 spiro atoms. The molecule has 1 heterocycles. The maximum atomic E-state index is 12.7. The van der Waals surface area contributed by atoms with E-state index in [-0.39, 0.29) is 28.7 Å². The highest BCUT2D eigenvalue weighted by molar-refractivity contribution is 7.20. The molecule has 3 amide bonds. The molecule has 35 heavy (non-hydrogen) atoms. The van der Waals surface area contributed by atoms with Crippen molar-refractivity contribution in [3.8, 4) is 10.4 Å². The Bertz CT molecular complexity index is 1070. The third kappa shape index (κ3) is 7.68. The predicted octanol–water partition coefficient (Wildman–Crippen LogP) is 4.69. The molecule has 190 valence electrons. The number of hydrogen-bond acceptors (Lipinski definition) is 6. The number of carbonyl (C=O) groups is 3. The molecule has 1 aliphatic rings. The minimum absolute atomic E-state index is 0.0522. The molecule has 0 radical (unpaired) electrons. The summed E-state index contributed by atoms with van der Waals surface area (Å²) in [6.07, 6.45) is 5.60. The van der Waals surface area contributed by atoms with Gasteiger partial charge in [0.1, 0.15) is 17.1 Å². The first-order valence-electron chi connectivity index (χ1n) is 11.9. The van der Waals surface area contributed by atoms with E-state index in [1.54, 1.807) is 6.07 Å². The summed E-state index contributed by atoms with van der Waals surface area (Å²) in [5.74, 6) is -0.470. The SMILES string of the molecule is CC(C)C[C@H](NCCc1ccc(-c2cc(C(N)=O)c(NC(N)=O)s2)c(Cl)c1)C(=O)OC1CCCC1. The Morgan fingerprint density at radius 2 is 1.89 bits per heavy atom. The maximum Gasteiger partial charge on any atom is 0.323 e. The summed E-state index contributed by atoms with van der Waals surface area (Å²) in [7, 11) is 0. The van der Waals surface area contributed by atoms with Crippen molar-refractivity contribution < 1.29 is 19.1 Å². The number of ether oxygens (including phenoxy) is 1. The average molecular weight is 521 g/mol. The molecule has 0 bridgehead atoms. The van der Waals surface area contributed by atoms with Crippen LogP contribution in [0.4, 0.5) is 9.80 Å². The predicted molar refractivity (Wildman–Crippen MR) is 140 cm³/mol. The first kappa shape index (κ1) is 27.0. The molecule has 8 nitrogen and oxygen atoms in total. The molecule has 0 saturated heterocycles. The van der Waals surface area contributed by atoms with Crippen LogP contribution >= 0.6 is 22.9 Å². The van der Waals surface area contributed by atoms with Crippen molar-refractivity contribution >= 4 is 45.8 Å². The fourth-order valence-electron chi connectivity index (χ4n) is 4.20. The molecular weight excluding hydrogens is 488 g/mol. The third-order valence-electron chi connectivity index (χ3n) is 5.91. The van der Waals surface area contributed by atoms with Gasteiger partial charge in [-0.05, 0) is 68.7 Å². The van der Waals surface area contributed by atoms with E-state index >= 15 is 0 Å². The third-order valence-corrected chi connectivity index (χ3v) is 7.31. The molecule has 1 aliphatic carbocycles. The molecule has 1 aromatic heterocycles. The van der Waals surface area contributed by atoms with E-state index in [0.29, 0.717) is 40.8 Å². The number of primary amides is 2. The van der Waals surface area contributed by atoms with E-state index < -0.39 is 11.9 Å². The molecule has 3 rings (SSSR count). The quantitative estimate of drug-likeness (QED) is 0.318. The van der Waals surface area contributed by atoms with Crippen molar-refractivity contribution in [2.75, 3.05) is 11.9 Å². The highest BCUT2D eigenvalue weighted by atomic mass is 35.5. The molecule has 1 atom stereocenters. The lowest BCUT2D eigenvalue weighted by molar-refractivity contribution is -0.151. The Morgan fingerprint density at radius 3 is 2.49 bits per heavy atom. The summed E-state index contributed by atoms with van der Waals surface area (Å²) in [6.45, 7) is 4.79. The number of thiophene rings is 1. The Balaban J connectivity index is 1.64. The molecule has 0 unspecified atom stereocenters. The standard InChI is InChI=1S/C25H33ClN4O4S/c1-14(2)11-20(24(32)34-16-5-3-4-6-16)29-10-9-15-7-8-17(19(26)12-15)21-13-18(22(27)31)23(35-21)30-25(28)33/h7-8,12-14,16,20,29H,3-6,9-11H2,1-2H3,(H2,27,31)(H3,28,30,33)/t20-/m0/s1. The van der Waals surface area contributed by atoms with Gasteiger partial charge in [0.05, 0.1) is 5.56 Å². The number of nitrogens with two attached hydrogens (primary N) is 2. The van der Waals surface area contributed by atoms with E-state index in [0.717, 1.165) is 31.2 Å². The minimum Gasteiger partial charge on any atom is -0.461 e. The molecule has 1 fully saturated rings. The number of halogens is 1. The number of carbonyl (C=O) groups excluding carboxylic acids is 3. The van der Waals surface area contributed by atoms with Crippen LogP contribution < -0.4 is 22.1 Å². The summed E-state index contributed by atoms with van der Waals surface area (Å²) < 4.78 is 5.73. The van der Waals surface area contributed by atoms with Crippen molar-refractivity contribution in [2.45, 2.75) is 64.5 Å². The van der Waals surface area contributed by atoms with Gasteiger partial charge < -0.3 is 21.5 Å². The summed E-state index contributed by atoms with van der Waals surface area (Å²) in [5.41, 5.74) is 12.5. The van der Waals surface area contributed by atoms with Crippen LogP contribution in [-0.2, 0) is 16.0 Å². The zero-order valence-electron chi connectivity index (χ0n) is 20.1. The van der Waals surface area contributed by atoms with Crippen LogP contribution in [-0.4, -0.2) is 36.6 Å². The van der Waals surface area contributed by atoms with Crippen LogP contribution in [0.25, 0.3) is 10.4 Å². The van der Waals surface area contributed by atoms with Crippen molar-refractivity contribution in [3.05, 3.63) is 40.4 Å². The van der Waals surface area contributed by atoms with Crippen LogP contribution in [0.5, 0.6) is 0 Å². The number of amides is 3. The summed E-state index contributed by atoms with van der Waals surface area (Å²) >= 11 is 7.72. The summed E-state index contributed by atoms with van der Waals surface area (Å²) in [6, 6.07) is 6.15. The van der Waals surface area contributed by atoms with Gasteiger partial charge in [-0.1, -0.05) is 37.6 Å². The zero-order valence-corrected chi connectivity index (χ0v) is 21.6. The normalized spacial score (nSPS) is 14.7. The van der Waals surface area contributed by atoms with Gasteiger partial charge in [0, 0.05) is 15.5 Å². The average Bonchev–Trinajstić information content (AvgIpc) is 3.42. The number of hydrogen-bond donors (Lipinski definition) is 4. The molecule has 2 aromatic rings. The zero-order chi connectivity index (χ0) is 25.5. The van der Waals surface area contributed by atoms with Gasteiger partial charge in [-0.25, -0.2) is 4.79 Å². The molecule has 10 heteroatoms. The second-order valence-corrected chi connectivity index (χ2v) is 10.7. The second-order valence-electron chi connectivity index (χ2n) is 9.25. The van der Waals surface area contributed by atoms with Crippen molar-refractivity contribution in [1.29, 1.82) is 0 Å². The van der Waals surface area contributed by atoms with E-state index in [1.807, 2.05) is 18.2 Å². The van der Waals surface area contributed by atoms with Crippen LogP contribution in [0.15, 0.2) is 24.3 Å². The molecule has 1 saturated carbocycles. The smallest absolute Gasteiger partial charge is 0.323 e. The molecule has 1 aromatic carbocycles. The largest absolute Gasteiger partial charge is 0.461 e. The number of benzene rings is 1. The van der Waals surface area contributed by atoms with Gasteiger partial charge in [-0.15, -0.1) is 11.3 Å². The van der Waals surface area contributed by atoms with Crippen molar-refractivity contribution in [1.82, 2.24) is 5.32 Å². The Hall–Kier alpha value is -2.62. The fraction of sp³-hybridized carbons (Fsp3) is 0.480. The lowest BCUT2D eigenvalue weighted by Gasteiger charge is -2.21. The highest BCUT2D eigenvalue weighted by Crippen LogP contribution is 2.39. The van der Waals surface area contributed by atoms with Crippen LogP contribution in [0, 0.1) is 5.92 Å². The van der Waals surface area contributed by atoms with Gasteiger partial charge in [0.15, 0.2) is 0 Å². The Morgan fingerprint density at radius 1 is 1.17 bits per heavy atom. The maximum absolute atomic E-state index is 12.7. The van der Waals surface area contributed by atoms with Crippen LogP contribution in [0.1, 0.15) is 61.9 Å². The van der Waals surface area contributed by atoms with E-state index in [1.165, 1.54) is 11.3 Å². The van der Waals surface area contributed by atoms with Crippen LogP contribution in [0.3, 0.4) is 0 Å². The number of rotatable bonds is 11. The number of esters is 1. The minimum atomic E-state index is -0.780. The number of urea groups is 1. The summed E-state index contributed by atoms with van der Waals surface area (Å²) in [5, 5.41) is 6.57. The highest BCUT2D eigenvalue weighted by Gasteiger charge is 2.26. The van der Waals surface area contributed by atoms with Gasteiger partial charge in [-0.3, -0.25) is 14.9 Å². The van der Waals surface area contributed by atoms with Gasteiger partial charge in [0.2, 0.25) is 0 Å². The molecule has 0 aliphatic heterocycles. The van der Waals surface area contributed by atoms with Gasteiger partial charge in [-0.2, -0.15) is 0 Å². The fourth-order valence-corrected chi connectivity index (χ4v) is 5.67. The topological polar surface area (TPSA) is 137 Å². The monoisotopic (exact) mass is 520 g/mol. The van der Waals surface area contributed by atoms with Gasteiger partial charge in [0.25, 0.3) is 5.91 Å². The van der Waals surface area contributed by atoms with Crippen molar-refractivity contribution in [2.24, 2.45) is 17.4 Å². The van der Waals surface area contributed by atoms with E-state index in [9.17, 15) is 14.4 Å². The van der Waals surface area contributed by atoms with Crippen molar-refractivity contribution in [3.63, 3.8) is 0 Å². The molecule has 6 N–H and O–H groups in total. The van der Waals surface area contributed by atoms with E-state index in [4.69, 9.17) is 27.8 Å². The number of anilines is 1. The number of nitrogens with one attached hydrogen (secondary N) is 2. The second kappa shape index (κ2) is 12.4. The van der Waals surface area contributed by atoms with Gasteiger partial charge >= 0.3 is 12.0 Å². The van der Waals surface area contributed by atoms with E-state index in [2.05, 4.69) is 24.5 Å². The molecular formula is C25H33ClN4O4S. The first-order chi connectivity index (χ1) is 16.6. The van der Waals surface area contributed by atoms with Crippen LogP contribution in [0.2, 0.25) is 5.02 Å². The Labute approximate surface area is 214 Å². The first-order valence-corrected chi connectivity index (χ1v) is 13.1. The Kier molecular flexibility index (Phi) is 9.54.